The van der Waals surface area contributed by atoms with Crippen molar-refractivity contribution in [3.8, 4) is 0 Å². The van der Waals surface area contributed by atoms with Gasteiger partial charge in [-0.2, -0.15) is 0 Å². The van der Waals surface area contributed by atoms with Crippen molar-refractivity contribution in [1.82, 2.24) is 9.80 Å². The van der Waals surface area contributed by atoms with E-state index in [2.05, 4.69) is 0 Å². The monoisotopic (exact) mass is 666 g/mol. The zero-order chi connectivity index (χ0) is 35.5. The van der Waals surface area contributed by atoms with Gasteiger partial charge in [-0.05, 0) is 77.3 Å². The normalized spacial score (nSPS) is 21.2. The summed E-state index contributed by atoms with van der Waals surface area (Å²) in [6.45, 7) is 17.7. The van der Waals surface area contributed by atoms with Gasteiger partial charge in [0.1, 0.15) is 24.4 Å². The van der Waals surface area contributed by atoms with Crippen molar-refractivity contribution in [2.24, 2.45) is 23.7 Å². The van der Waals surface area contributed by atoms with E-state index in [-0.39, 0.29) is 61.0 Å². The number of hydrogen-bond donors (Lipinski definition) is 0. The smallest absolute Gasteiger partial charge is 0.410 e. The number of benzene rings is 2. The van der Waals surface area contributed by atoms with E-state index in [0.29, 0.717) is 39.0 Å². The van der Waals surface area contributed by atoms with Crippen LogP contribution in [0.15, 0.2) is 60.7 Å². The van der Waals surface area contributed by atoms with E-state index in [0.717, 1.165) is 11.1 Å². The van der Waals surface area contributed by atoms with E-state index in [1.54, 1.807) is 9.80 Å². The number of piperidine rings is 2. The number of nitrogens with zero attached hydrogens (tertiary/aromatic N) is 2. The van der Waals surface area contributed by atoms with Crippen LogP contribution in [0.25, 0.3) is 0 Å². The van der Waals surface area contributed by atoms with Crippen molar-refractivity contribution < 1.29 is 38.1 Å². The van der Waals surface area contributed by atoms with Gasteiger partial charge in [0, 0.05) is 26.2 Å². The predicted octanol–water partition coefficient (Wildman–Crippen LogP) is 7.25. The summed E-state index contributed by atoms with van der Waals surface area (Å²) in [4.78, 5) is 52.3. The van der Waals surface area contributed by atoms with Crippen LogP contribution in [0.5, 0.6) is 0 Å². The quantitative estimate of drug-likeness (QED) is 0.234. The van der Waals surface area contributed by atoms with E-state index in [9.17, 15) is 19.2 Å². The molecule has 2 aromatic carbocycles. The molecule has 0 bridgehead atoms. The molecule has 2 amide bonds. The van der Waals surface area contributed by atoms with Gasteiger partial charge in [0.2, 0.25) is 0 Å². The third-order valence-corrected chi connectivity index (χ3v) is 8.16. The minimum atomic E-state index is -0.484. The third kappa shape index (κ3) is 12.8. The molecule has 0 radical (unpaired) electrons. The maximum Gasteiger partial charge on any atom is 0.410 e. The molecule has 0 aromatic heterocycles. The predicted molar refractivity (Wildman–Crippen MR) is 183 cm³/mol. The highest BCUT2D eigenvalue weighted by molar-refractivity contribution is 5.75. The first-order valence-corrected chi connectivity index (χ1v) is 16.9. The summed E-state index contributed by atoms with van der Waals surface area (Å²) >= 11 is 0. The first kappa shape index (κ1) is 38.4. The highest BCUT2D eigenvalue weighted by Crippen LogP contribution is 2.28. The molecule has 0 N–H and O–H groups in total. The molecule has 10 nitrogen and oxygen atoms in total. The van der Waals surface area contributed by atoms with Crippen molar-refractivity contribution in [1.29, 1.82) is 0 Å². The maximum atomic E-state index is 12.3. The molecule has 0 saturated carbocycles. The van der Waals surface area contributed by atoms with Gasteiger partial charge in [0.15, 0.2) is 0 Å². The van der Waals surface area contributed by atoms with Crippen molar-refractivity contribution in [2.75, 3.05) is 26.2 Å². The average Bonchev–Trinajstić information content (AvgIpc) is 3.02. The zero-order valence-corrected chi connectivity index (χ0v) is 29.9. The number of ether oxygens (including phenoxy) is 4. The highest BCUT2D eigenvalue weighted by atomic mass is 16.6. The van der Waals surface area contributed by atoms with Gasteiger partial charge in [-0.1, -0.05) is 74.5 Å². The summed E-state index contributed by atoms with van der Waals surface area (Å²) in [5.74, 6) is -0.569. The molecule has 4 atom stereocenters. The molecule has 48 heavy (non-hydrogen) atoms. The lowest BCUT2D eigenvalue weighted by atomic mass is 9.87. The van der Waals surface area contributed by atoms with E-state index in [4.69, 9.17) is 18.9 Å². The molecular formula is C38H54N2O8. The number of carbonyl (C=O) groups excluding carboxylic acids is 4. The second kappa shape index (κ2) is 17.4. The minimum Gasteiger partial charge on any atom is -0.460 e. The van der Waals surface area contributed by atoms with Crippen LogP contribution < -0.4 is 0 Å². The number of esters is 2. The SMILES string of the molecule is CC1CN(C(=O)OCc2ccccc2)CCC1C(=O)OC(C)(C)C.C[C@@H]1CN(C(=O)OCc2ccccc2)CC[C@@H]1C(=O)OC(C)(C)C. The van der Waals surface area contributed by atoms with Crippen LogP contribution in [0, 0.1) is 23.7 Å². The Bertz CT molecular complexity index is 1230. The molecule has 0 aliphatic carbocycles. The Morgan fingerprint density at radius 1 is 0.604 bits per heavy atom. The number of amides is 2. The van der Waals surface area contributed by atoms with Gasteiger partial charge in [-0.3, -0.25) is 9.59 Å². The fourth-order valence-corrected chi connectivity index (χ4v) is 5.70. The molecule has 10 heteroatoms. The Morgan fingerprint density at radius 2 is 0.938 bits per heavy atom. The Morgan fingerprint density at radius 3 is 1.23 bits per heavy atom. The lowest BCUT2D eigenvalue weighted by molar-refractivity contribution is -0.164. The highest BCUT2D eigenvalue weighted by Gasteiger charge is 2.37. The van der Waals surface area contributed by atoms with E-state index >= 15 is 0 Å². The summed E-state index contributed by atoms with van der Waals surface area (Å²) in [6, 6.07) is 19.2. The lowest BCUT2D eigenvalue weighted by Gasteiger charge is -2.36. The molecule has 2 aliphatic heterocycles. The van der Waals surface area contributed by atoms with Gasteiger partial charge >= 0.3 is 24.1 Å². The number of hydrogen-bond acceptors (Lipinski definition) is 8. The summed E-state index contributed by atoms with van der Waals surface area (Å²) in [7, 11) is 0. The third-order valence-electron chi connectivity index (χ3n) is 8.16. The molecular weight excluding hydrogens is 612 g/mol. The fraction of sp³-hybridized carbons (Fsp3) is 0.579. The van der Waals surface area contributed by atoms with Crippen LogP contribution >= 0.6 is 0 Å². The second-order valence-corrected chi connectivity index (χ2v) is 14.8. The number of carbonyl (C=O) groups is 4. The fourth-order valence-electron chi connectivity index (χ4n) is 5.70. The summed E-state index contributed by atoms with van der Waals surface area (Å²) in [6.07, 6.45) is 0.564. The molecule has 2 aromatic rings. The van der Waals surface area contributed by atoms with Crippen molar-refractivity contribution in [2.45, 2.75) is 92.6 Å². The molecule has 2 heterocycles. The maximum absolute atomic E-state index is 12.3. The molecule has 2 saturated heterocycles. The van der Waals surface area contributed by atoms with Gasteiger partial charge in [-0.15, -0.1) is 0 Å². The first-order valence-electron chi connectivity index (χ1n) is 16.9. The summed E-state index contributed by atoms with van der Waals surface area (Å²) < 4.78 is 21.7. The Labute approximate surface area is 286 Å². The Kier molecular flexibility index (Phi) is 13.9. The van der Waals surface area contributed by atoms with Crippen molar-refractivity contribution >= 4 is 24.1 Å². The lowest BCUT2D eigenvalue weighted by Crippen LogP contribution is -2.46. The molecule has 4 rings (SSSR count). The molecule has 2 aliphatic rings. The zero-order valence-electron chi connectivity index (χ0n) is 29.9. The molecule has 2 unspecified atom stereocenters. The molecule has 264 valence electrons. The number of likely N-dealkylation sites (tertiary alicyclic amines) is 2. The van der Waals surface area contributed by atoms with Crippen LogP contribution in [0.3, 0.4) is 0 Å². The standard InChI is InChI=1S/2C19H27NO4/c2*1-14-12-20(11-10-16(14)17(21)24-19(2,3)4)18(22)23-13-15-8-6-5-7-9-15/h2*5-9,14,16H,10-13H2,1-4H3/t14-,16+;/m1./s1. The topological polar surface area (TPSA) is 112 Å². The molecule has 0 spiro atoms. The van der Waals surface area contributed by atoms with Gasteiger partial charge in [0.25, 0.3) is 0 Å². The second-order valence-electron chi connectivity index (χ2n) is 14.8. The van der Waals surface area contributed by atoms with Crippen LogP contribution in [-0.4, -0.2) is 71.3 Å². The Balaban J connectivity index is 0.000000260. The van der Waals surface area contributed by atoms with Crippen LogP contribution in [0.2, 0.25) is 0 Å². The minimum absolute atomic E-state index is 0.0536. The summed E-state index contributed by atoms with van der Waals surface area (Å²) in [5, 5.41) is 0. The number of rotatable bonds is 6. The molecule has 2 fully saturated rings. The van der Waals surface area contributed by atoms with Crippen LogP contribution in [0.4, 0.5) is 9.59 Å². The van der Waals surface area contributed by atoms with Gasteiger partial charge in [-0.25, -0.2) is 9.59 Å². The van der Waals surface area contributed by atoms with E-state index in [1.807, 2.05) is 116 Å². The first-order chi connectivity index (χ1) is 22.5. The van der Waals surface area contributed by atoms with Gasteiger partial charge < -0.3 is 28.7 Å². The van der Waals surface area contributed by atoms with Crippen molar-refractivity contribution in [3.05, 3.63) is 71.8 Å². The Hall–Kier alpha value is -4.08. The van der Waals surface area contributed by atoms with Crippen LogP contribution in [0.1, 0.15) is 79.4 Å². The van der Waals surface area contributed by atoms with Gasteiger partial charge in [0.05, 0.1) is 11.8 Å². The van der Waals surface area contributed by atoms with Crippen molar-refractivity contribution in [3.63, 3.8) is 0 Å². The van der Waals surface area contributed by atoms with E-state index in [1.165, 1.54) is 0 Å². The largest absolute Gasteiger partial charge is 0.460 e. The van der Waals surface area contributed by atoms with Crippen LogP contribution in [-0.2, 0) is 41.8 Å². The average molecular weight is 667 g/mol. The summed E-state index contributed by atoms with van der Waals surface area (Å²) in [5.41, 5.74) is 0.954. The van der Waals surface area contributed by atoms with E-state index < -0.39 is 11.2 Å².